The number of hydrogen-bond acceptors (Lipinski definition) is 4. The Morgan fingerprint density at radius 3 is 1.86 bits per heavy atom. The molecule has 0 saturated carbocycles. The second kappa shape index (κ2) is 16.3. The zero-order valence-corrected chi connectivity index (χ0v) is 29.5. The molecule has 3 nitrogen and oxygen atoms in total. The molecule has 0 fully saturated rings. The lowest BCUT2D eigenvalue weighted by Gasteiger charge is -2.20. The highest BCUT2D eigenvalue weighted by Gasteiger charge is 2.21. The monoisotopic (exact) mass is 717 g/mol. The lowest BCUT2D eigenvalue weighted by molar-refractivity contribution is 0.539. The molecule has 0 unspecified atom stereocenters. The van der Waals surface area contributed by atoms with Crippen LogP contribution < -0.4 is 0 Å². The van der Waals surface area contributed by atoms with E-state index in [0.717, 1.165) is 22.4 Å². The smallest absolute Gasteiger partial charge is 0.147 e. The molecule has 4 aromatic rings. The van der Waals surface area contributed by atoms with Crippen molar-refractivity contribution in [3.63, 3.8) is 0 Å². The summed E-state index contributed by atoms with van der Waals surface area (Å²) >= 11 is 9.40. The Balaban J connectivity index is 0.000000240. The molecule has 0 aliphatic heterocycles. The first kappa shape index (κ1) is 30.7. The van der Waals surface area contributed by atoms with Crippen LogP contribution >= 0.6 is 0 Å². The number of hydrogen-bond donors (Lipinski definition) is 0. The maximum absolute atomic E-state index is 4.96. The van der Waals surface area contributed by atoms with Gasteiger partial charge in [-0.15, -0.1) is 0 Å². The lowest BCUT2D eigenvalue weighted by Crippen LogP contribution is -2.18. The Bertz CT molecular complexity index is 1810. The molecule has 0 bridgehead atoms. The van der Waals surface area contributed by atoms with Crippen LogP contribution in [0.25, 0.3) is 27.7 Å². The molecular formula is C20H19N3S13. The molecule has 2 heterocycles. The van der Waals surface area contributed by atoms with Gasteiger partial charge in [0.05, 0.1) is 5.52 Å². The SMILES string of the molecule is CC(C)(C)c1nc2cc(-c3ccccc3)ccc2c2nccn12.S=S=S=S=S=S=S=S=S=S=S=S=S. The fourth-order valence-electron chi connectivity index (χ4n) is 3.10. The highest BCUT2D eigenvalue weighted by molar-refractivity contribution is 8.75. The average Bonchev–Trinajstić information content (AvgIpc) is 3.37. The van der Waals surface area contributed by atoms with Gasteiger partial charge in [-0.1, -0.05) is 57.2 Å². The van der Waals surface area contributed by atoms with Crippen molar-refractivity contribution in [1.29, 1.82) is 0 Å². The summed E-state index contributed by atoms with van der Waals surface area (Å²) in [7, 11) is 18.1. The number of fused-ring (bicyclic) bond motifs is 3. The van der Waals surface area contributed by atoms with Crippen molar-refractivity contribution < 1.29 is 0 Å². The molecule has 0 aliphatic carbocycles. The second-order valence-corrected chi connectivity index (χ2v) is 27.1. The third-order valence-electron chi connectivity index (χ3n) is 4.39. The van der Waals surface area contributed by atoms with Crippen LogP contribution in [-0.2, 0) is 125 Å². The first-order valence-electron chi connectivity index (χ1n) is 9.87. The van der Waals surface area contributed by atoms with E-state index in [9.17, 15) is 0 Å². The van der Waals surface area contributed by atoms with E-state index in [0.29, 0.717) is 0 Å². The van der Waals surface area contributed by atoms with Gasteiger partial charge in [0.25, 0.3) is 0 Å². The summed E-state index contributed by atoms with van der Waals surface area (Å²) < 4.78 is 2.10. The fourth-order valence-corrected chi connectivity index (χ4v) is 27.8. The summed E-state index contributed by atoms with van der Waals surface area (Å²) in [5.41, 5.74) is 4.31. The summed E-state index contributed by atoms with van der Waals surface area (Å²) in [6.07, 6.45) is 3.84. The minimum atomic E-state index is -0.0457. The van der Waals surface area contributed by atoms with Gasteiger partial charge < -0.3 is 0 Å². The van der Waals surface area contributed by atoms with E-state index in [1.165, 1.54) is 28.9 Å². The predicted molar refractivity (Wildman–Crippen MR) is 190 cm³/mol. The van der Waals surface area contributed by atoms with Crippen LogP contribution in [0.15, 0.2) is 60.9 Å². The highest BCUT2D eigenvalue weighted by Crippen LogP contribution is 2.29. The van der Waals surface area contributed by atoms with E-state index in [1.807, 2.05) is 18.5 Å². The number of imidazole rings is 1. The Hall–Kier alpha value is 0.180. The molecule has 0 aliphatic rings. The third kappa shape index (κ3) is 9.43. The average molecular weight is 718 g/mol. The van der Waals surface area contributed by atoms with Crippen molar-refractivity contribution in [3.05, 3.63) is 66.7 Å². The van der Waals surface area contributed by atoms with Crippen molar-refractivity contribution in [2.45, 2.75) is 26.2 Å². The van der Waals surface area contributed by atoms with Gasteiger partial charge in [-0.05, 0) is 23.3 Å². The molecule has 2 aromatic carbocycles. The molecule has 0 radical (unpaired) electrons. The second-order valence-electron chi connectivity index (χ2n) is 7.65. The fraction of sp³-hybridized carbons (Fsp3) is 0.200. The Labute approximate surface area is 251 Å². The van der Waals surface area contributed by atoms with Crippen LogP contribution in [0.5, 0.6) is 0 Å². The van der Waals surface area contributed by atoms with Crippen LogP contribution in [0.1, 0.15) is 26.6 Å². The number of rotatable bonds is 1. The molecule has 192 valence electrons. The predicted octanol–water partition coefficient (Wildman–Crippen LogP) is 4.82. The van der Waals surface area contributed by atoms with E-state index in [1.54, 1.807) is 79.9 Å². The van der Waals surface area contributed by atoms with Gasteiger partial charge in [-0.3, -0.25) is 4.40 Å². The number of aromatic nitrogens is 3. The van der Waals surface area contributed by atoms with Crippen molar-refractivity contribution in [1.82, 2.24) is 14.4 Å². The van der Waals surface area contributed by atoms with Gasteiger partial charge in [0.2, 0.25) is 0 Å². The largest absolute Gasteiger partial charge is 0.287 e. The standard InChI is InChI=1S/C20H19N3.S13/c1-20(2,3)19-22-17-13-15(14-7-5-4-6-8-14)9-10-16(17)18-21-11-12-23(18)19;1-3-5-7-9-11-13-12-10-8-6-4-2/h4-13H,1-3H3;. The topological polar surface area (TPSA) is 30.2 Å². The zero-order valence-electron chi connectivity index (χ0n) is 18.9. The van der Waals surface area contributed by atoms with Crippen molar-refractivity contribution >= 4 is 137 Å². The van der Waals surface area contributed by atoms with Gasteiger partial charge in [-0.25, -0.2) is 9.97 Å². The summed E-state index contributed by atoms with van der Waals surface area (Å²) in [6, 6.07) is 16.8. The summed E-state index contributed by atoms with van der Waals surface area (Å²) in [6.45, 7) is 6.55. The first-order chi connectivity index (χ1) is 17.5. The first-order valence-corrected chi connectivity index (χ1v) is 25.9. The minimum Gasteiger partial charge on any atom is -0.287 e. The van der Waals surface area contributed by atoms with E-state index in [2.05, 4.69) is 72.6 Å². The van der Waals surface area contributed by atoms with Gasteiger partial charge in [-0.2, -0.15) is 0 Å². The molecule has 0 saturated heterocycles. The minimum absolute atomic E-state index is 0.0457. The molecule has 0 atom stereocenters. The molecule has 0 N–H and O–H groups in total. The Morgan fingerprint density at radius 1 is 0.722 bits per heavy atom. The zero-order chi connectivity index (χ0) is 25.8. The number of nitrogens with zero attached hydrogens (tertiary/aromatic N) is 3. The van der Waals surface area contributed by atoms with E-state index < -0.39 is 0 Å². The van der Waals surface area contributed by atoms with Crippen LogP contribution in [0.4, 0.5) is 0 Å². The van der Waals surface area contributed by atoms with E-state index in [-0.39, 0.29) is 5.41 Å². The van der Waals surface area contributed by atoms with Crippen LogP contribution in [0.2, 0.25) is 0 Å². The van der Waals surface area contributed by atoms with Crippen LogP contribution in [-0.4, -0.2) is 14.4 Å². The van der Waals surface area contributed by atoms with Crippen molar-refractivity contribution in [2.75, 3.05) is 0 Å². The molecule has 36 heavy (non-hydrogen) atoms. The Kier molecular flexibility index (Phi) is 13.9. The van der Waals surface area contributed by atoms with Gasteiger partial charge in [0.1, 0.15) is 11.5 Å². The van der Waals surface area contributed by atoms with Crippen molar-refractivity contribution in [2.24, 2.45) is 0 Å². The molecule has 0 spiro atoms. The van der Waals surface area contributed by atoms with Crippen LogP contribution in [0, 0.1) is 0 Å². The quantitative estimate of drug-likeness (QED) is 0.283. The molecular weight excluding hydrogens is 699 g/mol. The summed E-state index contributed by atoms with van der Waals surface area (Å²) in [4.78, 5) is 9.50. The third-order valence-corrected chi connectivity index (χ3v) is 26.6. The maximum Gasteiger partial charge on any atom is 0.147 e. The highest BCUT2D eigenvalue weighted by atomic mass is 33.5. The van der Waals surface area contributed by atoms with Crippen LogP contribution in [0.3, 0.4) is 0 Å². The summed E-state index contributed by atoms with van der Waals surface area (Å²) in [5, 5.41) is 1.09. The molecule has 2 aromatic heterocycles. The van der Waals surface area contributed by atoms with Gasteiger partial charge in [0, 0.05) is 143 Å². The van der Waals surface area contributed by atoms with Gasteiger partial charge >= 0.3 is 0 Å². The summed E-state index contributed by atoms with van der Waals surface area (Å²) in [5.74, 6) is 1.03. The van der Waals surface area contributed by atoms with Gasteiger partial charge in [0.15, 0.2) is 0 Å². The molecule has 4 rings (SSSR count). The Morgan fingerprint density at radius 2 is 1.31 bits per heavy atom. The van der Waals surface area contributed by atoms with E-state index in [4.69, 9.17) is 27.4 Å². The molecule has 0 amide bonds. The van der Waals surface area contributed by atoms with Crippen molar-refractivity contribution in [3.8, 4) is 11.1 Å². The maximum atomic E-state index is 4.96. The lowest BCUT2D eigenvalue weighted by atomic mass is 9.95. The normalized spacial score (nSPS) is 10.3. The van der Waals surface area contributed by atoms with E-state index >= 15 is 0 Å². The molecule has 16 heteroatoms. The number of benzene rings is 2.